The Kier molecular flexibility index (Phi) is 7.58. The molecule has 0 aliphatic heterocycles. The Labute approximate surface area is 173 Å². The summed E-state index contributed by atoms with van der Waals surface area (Å²) in [4.78, 5) is 23.5. The maximum atomic E-state index is 12.3. The van der Waals surface area contributed by atoms with E-state index in [1.807, 2.05) is 12.1 Å². The fourth-order valence-corrected chi connectivity index (χ4v) is 3.48. The van der Waals surface area contributed by atoms with Crippen molar-refractivity contribution in [2.75, 3.05) is 19.0 Å². The Morgan fingerprint density at radius 1 is 1.19 bits per heavy atom. The lowest BCUT2D eigenvalue weighted by molar-refractivity contribution is -0.142. The summed E-state index contributed by atoms with van der Waals surface area (Å²) in [6, 6.07) is 14.1. The van der Waals surface area contributed by atoms with Crippen LogP contribution in [0.2, 0.25) is 0 Å². The number of carbonyl (C=O) groups is 2. The van der Waals surface area contributed by atoms with Gasteiger partial charge in [0, 0.05) is 5.69 Å². The number of hydrogen-bond acceptors (Lipinski definition) is 5. The van der Waals surface area contributed by atoms with Crippen LogP contribution < -0.4 is 10.1 Å². The van der Waals surface area contributed by atoms with Crippen molar-refractivity contribution < 1.29 is 19.1 Å². The molecular formula is C19H14Br2N2O4. The van der Waals surface area contributed by atoms with Crippen molar-refractivity contribution in [3.63, 3.8) is 0 Å². The molecule has 0 saturated heterocycles. The van der Waals surface area contributed by atoms with Crippen molar-refractivity contribution in [2.45, 2.75) is 0 Å². The molecule has 2 rings (SSSR count). The summed E-state index contributed by atoms with van der Waals surface area (Å²) < 4.78 is 11.0. The third kappa shape index (κ3) is 5.94. The second kappa shape index (κ2) is 9.90. The second-order valence-corrected chi connectivity index (χ2v) is 6.88. The number of methoxy groups -OCH3 is 1. The van der Waals surface area contributed by atoms with Crippen LogP contribution in [-0.2, 0) is 14.3 Å². The average Bonchev–Trinajstić information content (AvgIpc) is 2.65. The summed E-state index contributed by atoms with van der Waals surface area (Å²) in [6.45, 7) is -0.244. The first kappa shape index (κ1) is 20.7. The van der Waals surface area contributed by atoms with Crippen molar-refractivity contribution in [2.24, 2.45) is 0 Å². The van der Waals surface area contributed by atoms with Gasteiger partial charge in [-0.2, -0.15) is 5.26 Å². The normalized spacial score (nSPS) is 10.7. The number of nitriles is 1. The van der Waals surface area contributed by atoms with Gasteiger partial charge in [-0.1, -0.05) is 18.2 Å². The number of anilines is 1. The highest BCUT2D eigenvalue weighted by Gasteiger charge is 2.13. The van der Waals surface area contributed by atoms with E-state index in [-0.39, 0.29) is 12.2 Å². The number of nitrogens with zero attached hydrogens (tertiary/aromatic N) is 1. The molecular weight excluding hydrogens is 480 g/mol. The van der Waals surface area contributed by atoms with Crippen LogP contribution in [0.1, 0.15) is 5.56 Å². The van der Waals surface area contributed by atoms with Crippen LogP contribution in [0.5, 0.6) is 5.75 Å². The highest BCUT2D eigenvalue weighted by molar-refractivity contribution is 9.11. The lowest BCUT2D eigenvalue weighted by Crippen LogP contribution is -2.13. The Bertz CT molecular complexity index is 898. The number of hydrogen-bond donors (Lipinski definition) is 1. The van der Waals surface area contributed by atoms with Gasteiger partial charge in [0.25, 0.3) is 5.91 Å². The van der Waals surface area contributed by atoms with Gasteiger partial charge in [0.1, 0.15) is 17.4 Å². The fourth-order valence-electron chi connectivity index (χ4n) is 2.03. The largest absolute Gasteiger partial charge is 0.480 e. The van der Waals surface area contributed by atoms with Crippen LogP contribution in [0.4, 0.5) is 5.69 Å². The third-order valence-corrected chi connectivity index (χ3v) is 4.47. The number of para-hydroxylation sites is 1. The lowest BCUT2D eigenvalue weighted by atomic mass is 10.1. The fraction of sp³-hybridized carbons (Fsp3) is 0.105. The average molecular weight is 494 g/mol. The van der Waals surface area contributed by atoms with Gasteiger partial charge in [0.15, 0.2) is 6.61 Å². The van der Waals surface area contributed by atoms with Gasteiger partial charge in [-0.25, -0.2) is 4.79 Å². The molecule has 0 spiro atoms. The summed E-state index contributed by atoms with van der Waals surface area (Å²) in [7, 11) is 1.27. The summed E-state index contributed by atoms with van der Waals surface area (Å²) >= 11 is 6.71. The van der Waals surface area contributed by atoms with Crippen molar-refractivity contribution >= 4 is 55.5 Å². The SMILES string of the molecule is COC(=O)COc1c(Br)cc(/C=C(/C#N)C(=O)Nc2ccccc2)cc1Br. The molecule has 0 fully saturated rings. The van der Waals surface area contributed by atoms with Crippen molar-refractivity contribution in [1.82, 2.24) is 0 Å². The third-order valence-electron chi connectivity index (χ3n) is 3.29. The number of carbonyl (C=O) groups excluding carboxylic acids is 2. The van der Waals surface area contributed by atoms with Crippen LogP contribution in [0.3, 0.4) is 0 Å². The molecule has 0 heterocycles. The zero-order chi connectivity index (χ0) is 19.8. The van der Waals surface area contributed by atoms with Gasteiger partial charge in [-0.05, 0) is 67.8 Å². The summed E-state index contributed by atoms with van der Waals surface area (Å²) in [6.07, 6.45) is 1.46. The maximum absolute atomic E-state index is 12.3. The molecule has 0 bridgehead atoms. The van der Waals surface area contributed by atoms with Crippen LogP contribution >= 0.6 is 31.9 Å². The molecule has 8 heteroatoms. The molecule has 0 aliphatic rings. The molecule has 0 saturated carbocycles. The molecule has 0 radical (unpaired) electrons. The summed E-state index contributed by atoms with van der Waals surface area (Å²) in [5.41, 5.74) is 1.14. The lowest BCUT2D eigenvalue weighted by Gasteiger charge is -2.10. The maximum Gasteiger partial charge on any atom is 0.343 e. The Morgan fingerprint density at radius 3 is 2.37 bits per heavy atom. The Balaban J connectivity index is 2.22. The number of ether oxygens (including phenoxy) is 2. The zero-order valence-corrected chi connectivity index (χ0v) is 17.3. The van der Waals surface area contributed by atoms with Gasteiger partial charge in [-0.3, -0.25) is 4.79 Å². The minimum Gasteiger partial charge on any atom is -0.480 e. The molecule has 2 aromatic rings. The molecule has 0 unspecified atom stereocenters. The smallest absolute Gasteiger partial charge is 0.343 e. The van der Waals surface area contributed by atoms with Crippen molar-refractivity contribution in [1.29, 1.82) is 5.26 Å². The predicted octanol–water partition coefficient (Wildman–Crippen LogP) is 4.31. The number of nitrogens with one attached hydrogen (secondary N) is 1. The molecule has 1 amide bonds. The van der Waals surface area contributed by atoms with E-state index in [1.54, 1.807) is 36.4 Å². The predicted molar refractivity (Wildman–Crippen MR) is 108 cm³/mol. The Hall–Kier alpha value is -2.63. The van der Waals surface area contributed by atoms with E-state index in [0.29, 0.717) is 25.9 Å². The quantitative estimate of drug-likeness (QED) is 0.368. The van der Waals surface area contributed by atoms with Gasteiger partial charge in [0.2, 0.25) is 0 Å². The first-order chi connectivity index (χ1) is 12.9. The molecule has 6 nitrogen and oxygen atoms in total. The first-order valence-electron chi connectivity index (χ1n) is 7.61. The van der Waals surface area contributed by atoms with E-state index < -0.39 is 11.9 Å². The van der Waals surface area contributed by atoms with E-state index in [4.69, 9.17) is 4.74 Å². The van der Waals surface area contributed by atoms with Crippen molar-refractivity contribution in [3.05, 3.63) is 62.5 Å². The molecule has 27 heavy (non-hydrogen) atoms. The van der Waals surface area contributed by atoms with Gasteiger partial charge in [0.05, 0.1) is 16.1 Å². The topological polar surface area (TPSA) is 88.4 Å². The monoisotopic (exact) mass is 492 g/mol. The zero-order valence-electron chi connectivity index (χ0n) is 14.2. The van der Waals surface area contributed by atoms with Crippen LogP contribution in [0.15, 0.2) is 57.0 Å². The van der Waals surface area contributed by atoms with Crippen LogP contribution in [0, 0.1) is 11.3 Å². The number of esters is 1. The summed E-state index contributed by atoms with van der Waals surface area (Å²) in [5.74, 6) is -0.617. The minimum absolute atomic E-state index is 0.0547. The molecule has 2 aromatic carbocycles. The second-order valence-electron chi connectivity index (χ2n) is 5.17. The highest BCUT2D eigenvalue weighted by Crippen LogP contribution is 2.35. The minimum atomic E-state index is -0.512. The van der Waals surface area contributed by atoms with Crippen molar-refractivity contribution in [3.8, 4) is 11.8 Å². The molecule has 0 aromatic heterocycles. The number of amides is 1. The van der Waals surface area contributed by atoms with Crippen LogP contribution in [0.25, 0.3) is 6.08 Å². The van der Waals surface area contributed by atoms with Gasteiger partial charge >= 0.3 is 5.97 Å². The molecule has 0 aliphatic carbocycles. The van der Waals surface area contributed by atoms with Crippen LogP contribution in [-0.4, -0.2) is 25.6 Å². The van der Waals surface area contributed by atoms with E-state index in [0.717, 1.165) is 0 Å². The number of halogens is 2. The number of rotatable bonds is 6. The molecule has 1 N–H and O–H groups in total. The van der Waals surface area contributed by atoms with E-state index >= 15 is 0 Å². The van der Waals surface area contributed by atoms with Gasteiger partial charge < -0.3 is 14.8 Å². The van der Waals surface area contributed by atoms with E-state index in [2.05, 4.69) is 41.9 Å². The number of benzene rings is 2. The Morgan fingerprint density at radius 2 is 1.81 bits per heavy atom. The summed E-state index contributed by atoms with van der Waals surface area (Å²) in [5, 5.41) is 12.0. The first-order valence-corrected chi connectivity index (χ1v) is 9.20. The molecule has 138 valence electrons. The highest BCUT2D eigenvalue weighted by atomic mass is 79.9. The van der Waals surface area contributed by atoms with Gasteiger partial charge in [-0.15, -0.1) is 0 Å². The van der Waals surface area contributed by atoms with E-state index in [9.17, 15) is 14.9 Å². The standard InChI is InChI=1S/C19H14Br2N2O4/c1-26-17(24)11-27-18-15(20)8-12(9-16(18)21)7-13(10-22)19(25)23-14-5-3-2-4-6-14/h2-9H,11H2,1H3,(H,23,25)/b13-7-. The van der Waals surface area contributed by atoms with E-state index in [1.165, 1.54) is 13.2 Å². The molecule has 0 atom stereocenters.